The van der Waals surface area contributed by atoms with Gasteiger partial charge in [0.1, 0.15) is 0 Å². The Morgan fingerprint density at radius 1 is 1.16 bits per heavy atom. The molecule has 0 saturated heterocycles. The van der Waals surface area contributed by atoms with Gasteiger partial charge in [0.05, 0.1) is 7.11 Å². The molecule has 3 heteroatoms. The van der Waals surface area contributed by atoms with E-state index in [1.54, 1.807) is 19.2 Å². The highest BCUT2D eigenvalue weighted by molar-refractivity contribution is 5.54. The van der Waals surface area contributed by atoms with Crippen molar-refractivity contribution in [2.45, 2.75) is 12.8 Å². The Hall–Kier alpha value is -2.16. The van der Waals surface area contributed by atoms with Crippen molar-refractivity contribution in [2.24, 2.45) is 0 Å². The molecule has 19 heavy (non-hydrogen) atoms. The van der Waals surface area contributed by atoms with E-state index < -0.39 is 0 Å². The predicted octanol–water partition coefficient (Wildman–Crippen LogP) is 3.62. The third kappa shape index (κ3) is 3.41. The van der Waals surface area contributed by atoms with Crippen LogP contribution in [0.3, 0.4) is 0 Å². The minimum absolute atomic E-state index is 0.153. The van der Waals surface area contributed by atoms with E-state index in [-0.39, 0.29) is 5.75 Å². The molecule has 2 aromatic carbocycles. The normalized spacial score (nSPS) is 11.9. The summed E-state index contributed by atoms with van der Waals surface area (Å²) in [6.07, 6.45) is 0. The van der Waals surface area contributed by atoms with Gasteiger partial charge in [-0.05, 0) is 23.6 Å². The van der Waals surface area contributed by atoms with E-state index in [2.05, 4.69) is 24.4 Å². The van der Waals surface area contributed by atoms with Crippen LogP contribution in [0.15, 0.2) is 48.5 Å². The zero-order valence-electron chi connectivity index (χ0n) is 11.3. The van der Waals surface area contributed by atoms with E-state index in [0.717, 1.165) is 12.2 Å². The van der Waals surface area contributed by atoms with E-state index in [9.17, 15) is 5.11 Å². The fourth-order valence-electron chi connectivity index (χ4n) is 1.97. The Labute approximate surface area is 113 Å². The molecule has 0 spiro atoms. The molecular weight excluding hydrogens is 238 g/mol. The second-order valence-corrected chi connectivity index (χ2v) is 4.58. The van der Waals surface area contributed by atoms with Crippen LogP contribution in [0.2, 0.25) is 0 Å². The lowest BCUT2D eigenvalue weighted by Gasteiger charge is -2.14. The van der Waals surface area contributed by atoms with Crippen molar-refractivity contribution in [2.75, 3.05) is 19.0 Å². The molecule has 0 aliphatic carbocycles. The summed E-state index contributed by atoms with van der Waals surface area (Å²) in [5.41, 5.74) is 2.19. The number of anilines is 1. The molecule has 0 aromatic heterocycles. The third-order valence-electron chi connectivity index (χ3n) is 3.16. The number of phenols is 1. The summed E-state index contributed by atoms with van der Waals surface area (Å²) in [5.74, 6) is 1.05. The summed E-state index contributed by atoms with van der Waals surface area (Å²) in [5, 5.41) is 13.0. The van der Waals surface area contributed by atoms with E-state index in [1.165, 1.54) is 5.56 Å². The van der Waals surface area contributed by atoms with Crippen molar-refractivity contribution in [1.82, 2.24) is 0 Å². The van der Waals surface area contributed by atoms with Crippen molar-refractivity contribution >= 4 is 5.69 Å². The minimum Gasteiger partial charge on any atom is -0.504 e. The third-order valence-corrected chi connectivity index (χ3v) is 3.16. The topological polar surface area (TPSA) is 41.5 Å². The van der Waals surface area contributed by atoms with Gasteiger partial charge >= 0.3 is 0 Å². The number of rotatable bonds is 5. The summed E-state index contributed by atoms with van der Waals surface area (Å²) >= 11 is 0. The lowest BCUT2D eigenvalue weighted by molar-refractivity contribution is 0.373. The van der Waals surface area contributed by atoms with Crippen molar-refractivity contribution < 1.29 is 9.84 Å². The van der Waals surface area contributed by atoms with Crippen LogP contribution in [0.4, 0.5) is 5.69 Å². The molecule has 1 unspecified atom stereocenters. The number of aromatic hydroxyl groups is 1. The first kappa shape index (κ1) is 13.3. The van der Waals surface area contributed by atoms with Crippen LogP contribution in [0, 0.1) is 0 Å². The van der Waals surface area contributed by atoms with Crippen molar-refractivity contribution in [3.63, 3.8) is 0 Å². The largest absolute Gasteiger partial charge is 0.504 e. The number of hydrogen-bond acceptors (Lipinski definition) is 3. The van der Waals surface area contributed by atoms with E-state index in [1.807, 2.05) is 24.3 Å². The SMILES string of the molecule is COc1ccc(NCC(C)c2ccccc2)cc1O. The van der Waals surface area contributed by atoms with Gasteiger partial charge in [0.25, 0.3) is 0 Å². The molecule has 2 N–H and O–H groups in total. The Kier molecular flexibility index (Phi) is 4.29. The van der Waals surface area contributed by atoms with Gasteiger partial charge in [-0.25, -0.2) is 0 Å². The fraction of sp³-hybridized carbons (Fsp3) is 0.250. The molecule has 100 valence electrons. The molecule has 0 aliphatic heterocycles. The zero-order chi connectivity index (χ0) is 13.7. The molecular formula is C16H19NO2. The van der Waals surface area contributed by atoms with Crippen molar-refractivity contribution in [3.05, 3.63) is 54.1 Å². The molecule has 0 bridgehead atoms. The van der Waals surface area contributed by atoms with Gasteiger partial charge in [-0.1, -0.05) is 37.3 Å². The highest BCUT2D eigenvalue weighted by atomic mass is 16.5. The van der Waals surface area contributed by atoms with Crippen LogP contribution in [0.1, 0.15) is 18.4 Å². The van der Waals surface area contributed by atoms with Crippen LogP contribution in [-0.4, -0.2) is 18.8 Å². The number of phenolic OH excluding ortho intramolecular Hbond substituents is 1. The smallest absolute Gasteiger partial charge is 0.160 e. The van der Waals surface area contributed by atoms with Crippen LogP contribution in [-0.2, 0) is 0 Å². The zero-order valence-corrected chi connectivity index (χ0v) is 11.3. The number of ether oxygens (including phenoxy) is 1. The molecule has 0 fully saturated rings. The van der Waals surface area contributed by atoms with Crippen molar-refractivity contribution in [1.29, 1.82) is 0 Å². The van der Waals surface area contributed by atoms with Crippen LogP contribution >= 0.6 is 0 Å². The summed E-state index contributed by atoms with van der Waals surface area (Å²) in [6.45, 7) is 2.99. The second-order valence-electron chi connectivity index (χ2n) is 4.58. The standard InChI is InChI=1S/C16H19NO2/c1-12(13-6-4-3-5-7-13)11-17-14-8-9-16(19-2)15(18)10-14/h3-10,12,17-18H,11H2,1-2H3. The molecule has 0 aliphatic rings. The number of hydrogen-bond donors (Lipinski definition) is 2. The Bertz CT molecular complexity index is 526. The molecule has 2 aromatic rings. The maximum Gasteiger partial charge on any atom is 0.160 e. The molecule has 0 saturated carbocycles. The number of nitrogens with one attached hydrogen (secondary N) is 1. The molecule has 3 nitrogen and oxygen atoms in total. The first-order valence-electron chi connectivity index (χ1n) is 6.36. The average Bonchev–Trinajstić information content (AvgIpc) is 2.46. The maximum absolute atomic E-state index is 9.71. The van der Waals surface area contributed by atoms with Gasteiger partial charge in [-0.15, -0.1) is 0 Å². The quantitative estimate of drug-likeness (QED) is 0.859. The Morgan fingerprint density at radius 2 is 1.89 bits per heavy atom. The predicted molar refractivity (Wildman–Crippen MR) is 78.0 cm³/mol. The van der Waals surface area contributed by atoms with E-state index in [4.69, 9.17) is 4.74 Å². The van der Waals surface area contributed by atoms with E-state index >= 15 is 0 Å². The van der Waals surface area contributed by atoms with Crippen LogP contribution in [0.5, 0.6) is 11.5 Å². The van der Waals surface area contributed by atoms with Gasteiger partial charge in [-0.2, -0.15) is 0 Å². The summed E-state index contributed by atoms with van der Waals surface area (Å²) in [7, 11) is 1.54. The monoisotopic (exact) mass is 257 g/mol. The minimum atomic E-state index is 0.153. The van der Waals surface area contributed by atoms with Gasteiger partial charge in [0.15, 0.2) is 11.5 Å². The number of methoxy groups -OCH3 is 1. The van der Waals surface area contributed by atoms with Gasteiger partial charge in [0.2, 0.25) is 0 Å². The van der Waals surface area contributed by atoms with Gasteiger partial charge in [-0.3, -0.25) is 0 Å². The molecule has 1 atom stereocenters. The van der Waals surface area contributed by atoms with Gasteiger partial charge in [0, 0.05) is 18.3 Å². The second kappa shape index (κ2) is 6.14. The highest BCUT2D eigenvalue weighted by Gasteiger charge is 2.06. The first-order valence-corrected chi connectivity index (χ1v) is 6.36. The fourth-order valence-corrected chi connectivity index (χ4v) is 1.97. The first-order chi connectivity index (χ1) is 9.20. The molecule has 2 rings (SSSR count). The lowest BCUT2D eigenvalue weighted by Crippen LogP contribution is -2.09. The van der Waals surface area contributed by atoms with Gasteiger partial charge < -0.3 is 15.2 Å². The van der Waals surface area contributed by atoms with Crippen molar-refractivity contribution in [3.8, 4) is 11.5 Å². The van der Waals surface area contributed by atoms with Crippen LogP contribution in [0.25, 0.3) is 0 Å². The highest BCUT2D eigenvalue weighted by Crippen LogP contribution is 2.28. The van der Waals surface area contributed by atoms with Crippen LogP contribution < -0.4 is 10.1 Å². The lowest BCUT2D eigenvalue weighted by atomic mass is 10.0. The summed E-state index contributed by atoms with van der Waals surface area (Å²) < 4.78 is 5.02. The Balaban J connectivity index is 1.97. The number of benzene rings is 2. The summed E-state index contributed by atoms with van der Waals surface area (Å²) in [4.78, 5) is 0. The maximum atomic E-state index is 9.71. The Morgan fingerprint density at radius 3 is 2.53 bits per heavy atom. The molecule has 0 heterocycles. The molecule has 0 amide bonds. The average molecular weight is 257 g/mol. The summed E-state index contributed by atoms with van der Waals surface area (Å²) in [6, 6.07) is 15.7. The molecule has 0 radical (unpaired) electrons. The van der Waals surface area contributed by atoms with E-state index in [0.29, 0.717) is 11.7 Å².